The van der Waals surface area contributed by atoms with Gasteiger partial charge >= 0.3 is 5.97 Å². The van der Waals surface area contributed by atoms with E-state index in [0.29, 0.717) is 12.8 Å². The molecular weight excluding hydrogens is 266 g/mol. The Morgan fingerprint density at radius 3 is 2.38 bits per heavy atom. The van der Waals surface area contributed by atoms with Gasteiger partial charge in [-0.3, -0.25) is 4.79 Å². The number of carboxylic acids is 1. The second-order valence-electron chi connectivity index (χ2n) is 5.63. The monoisotopic (exact) mass is 291 g/mol. The topological polar surface area (TPSA) is 66.4 Å². The fourth-order valence-corrected chi connectivity index (χ4v) is 2.15. The van der Waals surface area contributed by atoms with Crippen molar-refractivity contribution in [3.05, 3.63) is 35.4 Å². The van der Waals surface area contributed by atoms with E-state index < -0.39 is 12.0 Å². The number of carbonyl (C=O) groups is 2. The van der Waals surface area contributed by atoms with Crippen LogP contribution in [0.4, 0.5) is 0 Å². The van der Waals surface area contributed by atoms with Crippen molar-refractivity contribution in [1.82, 2.24) is 5.32 Å². The molecule has 1 unspecified atom stereocenters. The second kappa shape index (κ2) is 8.45. The zero-order valence-electron chi connectivity index (χ0n) is 13.1. The van der Waals surface area contributed by atoms with E-state index in [4.69, 9.17) is 5.11 Å². The third-order valence-corrected chi connectivity index (χ3v) is 3.57. The molecule has 0 saturated carbocycles. The molecule has 0 aromatic heterocycles. The zero-order chi connectivity index (χ0) is 15.8. The molecule has 0 saturated heterocycles. The third-order valence-electron chi connectivity index (χ3n) is 3.57. The maximum absolute atomic E-state index is 12.1. The Morgan fingerprint density at radius 2 is 1.86 bits per heavy atom. The lowest BCUT2D eigenvalue weighted by molar-refractivity contribution is -0.142. The molecule has 4 heteroatoms. The van der Waals surface area contributed by atoms with Gasteiger partial charge < -0.3 is 10.4 Å². The molecule has 0 spiro atoms. The molecule has 0 aliphatic rings. The van der Waals surface area contributed by atoms with E-state index >= 15 is 0 Å². The van der Waals surface area contributed by atoms with Crippen molar-refractivity contribution < 1.29 is 14.7 Å². The molecule has 0 heterocycles. The van der Waals surface area contributed by atoms with Crippen LogP contribution in [0.25, 0.3) is 0 Å². The first-order valence-electron chi connectivity index (χ1n) is 7.52. The molecule has 116 valence electrons. The lowest BCUT2D eigenvalue weighted by Crippen LogP contribution is -2.43. The molecule has 2 atom stereocenters. The van der Waals surface area contributed by atoms with E-state index in [0.717, 1.165) is 18.4 Å². The number of rotatable bonds is 8. The van der Waals surface area contributed by atoms with Gasteiger partial charge in [0.05, 0.1) is 0 Å². The van der Waals surface area contributed by atoms with Crippen molar-refractivity contribution in [3.8, 4) is 0 Å². The summed E-state index contributed by atoms with van der Waals surface area (Å²) in [5.74, 6) is -1.39. The first-order valence-corrected chi connectivity index (χ1v) is 7.52. The van der Waals surface area contributed by atoms with Crippen molar-refractivity contribution in [2.75, 3.05) is 0 Å². The molecule has 1 aromatic rings. The van der Waals surface area contributed by atoms with Crippen LogP contribution in [0.3, 0.4) is 0 Å². The van der Waals surface area contributed by atoms with Gasteiger partial charge in [0.25, 0.3) is 0 Å². The van der Waals surface area contributed by atoms with E-state index in [1.165, 1.54) is 5.56 Å². The normalized spacial score (nSPS) is 13.5. The summed E-state index contributed by atoms with van der Waals surface area (Å²) in [6.07, 6.45) is 2.81. The number of unbranched alkanes of at least 4 members (excludes halogenated alkanes) is 1. The molecule has 21 heavy (non-hydrogen) atoms. The maximum Gasteiger partial charge on any atom is 0.326 e. The zero-order valence-corrected chi connectivity index (χ0v) is 13.1. The van der Waals surface area contributed by atoms with E-state index in [1.54, 1.807) is 0 Å². The summed E-state index contributed by atoms with van der Waals surface area (Å²) in [6.45, 7) is 5.85. The second-order valence-corrected chi connectivity index (χ2v) is 5.63. The van der Waals surface area contributed by atoms with Gasteiger partial charge in [0.15, 0.2) is 0 Å². The largest absolute Gasteiger partial charge is 0.480 e. The number of aryl methyl sites for hydroxylation is 1. The number of carbonyl (C=O) groups excluding carboxylic acids is 1. The van der Waals surface area contributed by atoms with Gasteiger partial charge in [-0.2, -0.15) is 0 Å². The van der Waals surface area contributed by atoms with E-state index in [9.17, 15) is 9.59 Å². The van der Waals surface area contributed by atoms with E-state index in [2.05, 4.69) is 5.32 Å². The maximum atomic E-state index is 12.1. The number of nitrogens with one attached hydrogen (secondary N) is 1. The standard InChI is InChI=1S/C17H25NO3/c1-4-5-6-15(17(20)21)18-16(19)13(3)11-14-9-7-12(2)8-10-14/h7-10,13,15H,4-6,11H2,1-3H3,(H,18,19)(H,20,21)/t13?,15-/m0/s1. The van der Waals surface area contributed by atoms with Gasteiger partial charge in [0.1, 0.15) is 6.04 Å². The average molecular weight is 291 g/mol. The summed E-state index contributed by atoms with van der Waals surface area (Å²) in [5.41, 5.74) is 2.27. The predicted octanol–water partition coefficient (Wildman–Crippen LogP) is 2.93. The lowest BCUT2D eigenvalue weighted by Gasteiger charge is -2.17. The Morgan fingerprint density at radius 1 is 1.24 bits per heavy atom. The summed E-state index contributed by atoms with van der Waals surface area (Å²) >= 11 is 0. The molecule has 4 nitrogen and oxygen atoms in total. The molecule has 1 rings (SSSR count). The molecule has 0 radical (unpaired) electrons. The highest BCUT2D eigenvalue weighted by molar-refractivity contribution is 5.84. The summed E-state index contributed by atoms with van der Waals surface area (Å²) < 4.78 is 0. The number of carboxylic acid groups (broad SMARTS) is 1. The number of hydrogen-bond donors (Lipinski definition) is 2. The highest BCUT2D eigenvalue weighted by Crippen LogP contribution is 2.11. The number of amides is 1. The summed E-state index contributed by atoms with van der Waals surface area (Å²) in [6, 6.07) is 7.26. The van der Waals surface area contributed by atoms with Crippen molar-refractivity contribution in [2.24, 2.45) is 5.92 Å². The van der Waals surface area contributed by atoms with Crippen molar-refractivity contribution >= 4 is 11.9 Å². The summed E-state index contributed by atoms with van der Waals surface area (Å²) in [4.78, 5) is 23.3. The fourth-order valence-electron chi connectivity index (χ4n) is 2.15. The molecule has 2 N–H and O–H groups in total. The van der Waals surface area contributed by atoms with Crippen LogP contribution in [0.5, 0.6) is 0 Å². The summed E-state index contributed by atoms with van der Waals surface area (Å²) in [7, 11) is 0. The number of aliphatic carboxylic acids is 1. The number of benzene rings is 1. The highest BCUT2D eigenvalue weighted by Gasteiger charge is 2.22. The molecule has 1 aromatic carbocycles. The Hall–Kier alpha value is -1.84. The minimum absolute atomic E-state index is 0.195. The highest BCUT2D eigenvalue weighted by atomic mass is 16.4. The molecule has 0 bridgehead atoms. The average Bonchev–Trinajstić information content (AvgIpc) is 2.45. The van der Waals surface area contributed by atoms with Crippen LogP contribution in [0.15, 0.2) is 24.3 Å². The van der Waals surface area contributed by atoms with Gasteiger partial charge in [0, 0.05) is 5.92 Å². The Balaban J connectivity index is 2.56. The van der Waals surface area contributed by atoms with Gasteiger partial charge in [-0.25, -0.2) is 4.79 Å². The van der Waals surface area contributed by atoms with Crippen molar-refractivity contribution in [2.45, 2.75) is 52.5 Å². The smallest absolute Gasteiger partial charge is 0.326 e. The van der Waals surface area contributed by atoms with Crippen LogP contribution < -0.4 is 5.32 Å². The van der Waals surface area contributed by atoms with Crippen LogP contribution in [-0.2, 0) is 16.0 Å². The lowest BCUT2D eigenvalue weighted by atomic mass is 9.99. The molecule has 0 aliphatic carbocycles. The fraction of sp³-hybridized carbons (Fsp3) is 0.529. The first kappa shape index (κ1) is 17.2. The minimum Gasteiger partial charge on any atom is -0.480 e. The third kappa shape index (κ3) is 5.98. The summed E-state index contributed by atoms with van der Waals surface area (Å²) in [5, 5.41) is 11.8. The minimum atomic E-state index is -0.959. The predicted molar refractivity (Wildman–Crippen MR) is 83.1 cm³/mol. The molecule has 1 amide bonds. The van der Waals surface area contributed by atoms with E-state index in [-0.39, 0.29) is 11.8 Å². The molecule has 0 fully saturated rings. The van der Waals surface area contributed by atoms with Crippen LogP contribution in [0.1, 0.15) is 44.2 Å². The van der Waals surface area contributed by atoms with Gasteiger partial charge in [-0.05, 0) is 25.3 Å². The quantitative estimate of drug-likeness (QED) is 0.774. The Kier molecular flexibility index (Phi) is 6.92. The van der Waals surface area contributed by atoms with Gasteiger partial charge in [0.2, 0.25) is 5.91 Å². The number of hydrogen-bond acceptors (Lipinski definition) is 2. The molecular formula is C17H25NO3. The van der Waals surface area contributed by atoms with Crippen LogP contribution >= 0.6 is 0 Å². The van der Waals surface area contributed by atoms with Crippen LogP contribution in [-0.4, -0.2) is 23.0 Å². The van der Waals surface area contributed by atoms with Crippen molar-refractivity contribution in [1.29, 1.82) is 0 Å². The van der Waals surface area contributed by atoms with Gasteiger partial charge in [-0.1, -0.05) is 56.5 Å². The van der Waals surface area contributed by atoms with E-state index in [1.807, 2.05) is 45.0 Å². The molecule has 0 aliphatic heterocycles. The van der Waals surface area contributed by atoms with Crippen molar-refractivity contribution in [3.63, 3.8) is 0 Å². The van der Waals surface area contributed by atoms with Gasteiger partial charge in [-0.15, -0.1) is 0 Å². The Labute approximate surface area is 126 Å². The SMILES string of the molecule is CCCC[C@H](NC(=O)C(C)Cc1ccc(C)cc1)C(=O)O. The first-order chi connectivity index (χ1) is 9.93. The van der Waals surface area contributed by atoms with Crippen LogP contribution in [0.2, 0.25) is 0 Å². The van der Waals surface area contributed by atoms with Crippen LogP contribution in [0, 0.1) is 12.8 Å². The Bertz CT molecular complexity index is 467.